The second-order valence-electron chi connectivity index (χ2n) is 7.07. The maximum atomic E-state index is 11.9. The van der Waals surface area contributed by atoms with E-state index in [1.807, 2.05) is 6.92 Å². The minimum Gasteiger partial charge on any atom is -0.463 e. The molecule has 1 heterocycles. The molecule has 1 N–H and O–H groups in total. The van der Waals surface area contributed by atoms with Gasteiger partial charge in [0.25, 0.3) is 0 Å². The van der Waals surface area contributed by atoms with Gasteiger partial charge in [-0.25, -0.2) is 0 Å². The monoisotopic (exact) mass is 403 g/mol. The molecule has 7 heteroatoms. The van der Waals surface area contributed by atoms with Gasteiger partial charge >= 0.3 is 5.97 Å². The molecule has 0 aromatic rings. The quantitative estimate of drug-likeness (QED) is 0.278. The Kier molecular flexibility index (Phi) is 16.5. The fourth-order valence-corrected chi connectivity index (χ4v) is 3.04. The van der Waals surface area contributed by atoms with Crippen LogP contribution in [0.4, 0.5) is 0 Å². The molecule has 0 aliphatic carbocycles. The summed E-state index contributed by atoms with van der Waals surface area (Å²) in [6.45, 7) is 10.3. The molecule has 0 bridgehead atoms. The summed E-state index contributed by atoms with van der Waals surface area (Å²) in [5.74, 6) is -0.0783. The molecular weight excluding hydrogens is 362 g/mol. The number of nitrogens with one attached hydrogen (secondary N) is 1. The molecule has 1 atom stereocenters. The van der Waals surface area contributed by atoms with Crippen LogP contribution >= 0.6 is 0 Å². The molecule has 0 aromatic carbocycles. The minimum absolute atomic E-state index is 0.0216. The van der Waals surface area contributed by atoms with Crippen LogP contribution in [0, 0.1) is 5.92 Å². The van der Waals surface area contributed by atoms with Crippen molar-refractivity contribution in [1.29, 1.82) is 0 Å². The molecule has 0 saturated carbocycles. The Morgan fingerprint density at radius 1 is 0.893 bits per heavy atom. The Hall–Kier alpha value is -0.730. The third kappa shape index (κ3) is 13.4. The van der Waals surface area contributed by atoms with Crippen molar-refractivity contribution < 1.29 is 28.5 Å². The minimum atomic E-state index is -0.0999. The number of hydrogen-bond donors (Lipinski definition) is 1. The van der Waals surface area contributed by atoms with Crippen LogP contribution in [0.5, 0.6) is 0 Å². The zero-order valence-corrected chi connectivity index (χ0v) is 17.9. The molecule has 1 rings (SSSR count). The van der Waals surface area contributed by atoms with Gasteiger partial charge in [0.2, 0.25) is 0 Å². The highest BCUT2D eigenvalue weighted by molar-refractivity contribution is 5.72. The molecule has 0 amide bonds. The normalized spacial score (nSPS) is 16.2. The van der Waals surface area contributed by atoms with Crippen LogP contribution in [0.3, 0.4) is 0 Å². The molecule has 1 aliphatic rings. The van der Waals surface area contributed by atoms with E-state index < -0.39 is 0 Å². The molecule has 1 unspecified atom stereocenters. The van der Waals surface area contributed by atoms with E-state index in [0.717, 1.165) is 51.6 Å². The number of carbonyl (C=O) groups is 1. The SMILES string of the molecule is CCCCC(CC)C(=O)OCCOCCOCCOCCOC1CCNCC1. The van der Waals surface area contributed by atoms with E-state index in [1.54, 1.807) is 0 Å². The third-order valence-corrected chi connectivity index (χ3v) is 4.82. The molecular formula is C21H41NO6. The molecule has 28 heavy (non-hydrogen) atoms. The molecule has 1 fully saturated rings. The Labute approximate surface area is 170 Å². The van der Waals surface area contributed by atoms with Crippen molar-refractivity contribution in [2.75, 3.05) is 65.9 Å². The Morgan fingerprint density at radius 2 is 1.46 bits per heavy atom. The lowest BCUT2D eigenvalue weighted by atomic mass is 10.00. The van der Waals surface area contributed by atoms with Crippen LogP contribution in [0.1, 0.15) is 52.4 Å². The summed E-state index contributed by atoms with van der Waals surface area (Å²) in [5.41, 5.74) is 0. The van der Waals surface area contributed by atoms with E-state index in [1.165, 1.54) is 0 Å². The summed E-state index contributed by atoms with van der Waals surface area (Å²) in [5, 5.41) is 3.32. The number of ether oxygens (including phenoxy) is 5. The highest BCUT2D eigenvalue weighted by atomic mass is 16.6. The van der Waals surface area contributed by atoms with Crippen LogP contribution < -0.4 is 5.32 Å². The Morgan fingerprint density at radius 3 is 2.04 bits per heavy atom. The topological polar surface area (TPSA) is 75.3 Å². The first-order chi connectivity index (χ1) is 13.8. The zero-order valence-electron chi connectivity index (χ0n) is 17.9. The second kappa shape index (κ2) is 18.3. The lowest BCUT2D eigenvalue weighted by Crippen LogP contribution is -2.33. The highest BCUT2D eigenvalue weighted by Crippen LogP contribution is 2.14. The van der Waals surface area contributed by atoms with Crippen LogP contribution in [0.2, 0.25) is 0 Å². The van der Waals surface area contributed by atoms with E-state index in [9.17, 15) is 4.79 Å². The van der Waals surface area contributed by atoms with E-state index in [4.69, 9.17) is 23.7 Å². The van der Waals surface area contributed by atoms with Crippen molar-refractivity contribution in [2.45, 2.75) is 58.5 Å². The van der Waals surface area contributed by atoms with Gasteiger partial charge in [0.05, 0.1) is 58.3 Å². The standard InChI is InChI=1S/C21H41NO6/c1-3-5-6-19(4-2)21(23)28-18-16-26-14-12-24-11-13-25-15-17-27-20-7-9-22-10-8-20/h19-20,22H,3-18H2,1-2H3. The van der Waals surface area contributed by atoms with Gasteiger partial charge < -0.3 is 29.0 Å². The number of esters is 1. The van der Waals surface area contributed by atoms with Crippen molar-refractivity contribution in [3.63, 3.8) is 0 Å². The molecule has 0 radical (unpaired) electrons. The number of hydrogen-bond acceptors (Lipinski definition) is 7. The summed E-state index contributed by atoms with van der Waals surface area (Å²) in [6, 6.07) is 0. The van der Waals surface area contributed by atoms with Crippen molar-refractivity contribution in [3.05, 3.63) is 0 Å². The van der Waals surface area contributed by atoms with Gasteiger partial charge in [-0.3, -0.25) is 4.79 Å². The third-order valence-electron chi connectivity index (χ3n) is 4.82. The smallest absolute Gasteiger partial charge is 0.308 e. The van der Waals surface area contributed by atoms with Gasteiger partial charge in [0, 0.05) is 0 Å². The first kappa shape index (κ1) is 25.3. The summed E-state index contributed by atoms with van der Waals surface area (Å²) >= 11 is 0. The van der Waals surface area contributed by atoms with Crippen molar-refractivity contribution >= 4 is 5.97 Å². The Bertz CT molecular complexity index is 363. The fourth-order valence-electron chi connectivity index (χ4n) is 3.04. The van der Waals surface area contributed by atoms with Crippen LogP contribution in [0.15, 0.2) is 0 Å². The first-order valence-corrected chi connectivity index (χ1v) is 11.0. The fraction of sp³-hybridized carbons (Fsp3) is 0.952. The number of unbranched alkanes of at least 4 members (excludes halogenated alkanes) is 1. The van der Waals surface area contributed by atoms with Gasteiger partial charge in [0.1, 0.15) is 6.61 Å². The lowest BCUT2D eigenvalue weighted by molar-refractivity contribution is -0.150. The molecule has 166 valence electrons. The predicted molar refractivity (Wildman–Crippen MR) is 109 cm³/mol. The summed E-state index contributed by atoms with van der Waals surface area (Å²) in [7, 11) is 0. The summed E-state index contributed by atoms with van der Waals surface area (Å²) in [4.78, 5) is 11.9. The molecule has 7 nitrogen and oxygen atoms in total. The average Bonchev–Trinajstić information content (AvgIpc) is 2.72. The van der Waals surface area contributed by atoms with Gasteiger partial charge in [-0.05, 0) is 38.8 Å². The molecule has 0 spiro atoms. The summed E-state index contributed by atoms with van der Waals surface area (Å²) in [6.07, 6.45) is 6.45. The number of rotatable bonds is 18. The van der Waals surface area contributed by atoms with E-state index >= 15 is 0 Å². The van der Waals surface area contributed by atoms with Gasteiger partial charge in [-0.1, -0.05) is 26.7 Å². The van der Waals surface area contributed by atoms with Gasteiger partial charge in [-0.15, -0.1) is 0 Å². The molecule has 1 saturated heterocycles. The predicted octanol–water partition coefficient (Wildman–Crippen LogP) is 2.56. The van der Waals surface area contributed by atoms with Crippen molar-refractivity contribution in [2.24, 2.45) is 5.92 Å². The van der Waals surface area contributed by atoms with E-state index in [2.05, 4.69) is 12.2 Å². The van der Waals surface area contributed by atoms with Crippen LogP contribution in [-0.2, 0) is 28.5 Å². The largest absolute Gasteiger partial charge is 0.463 e. The maximum absolute atomic E-state index is 11.9. The van der Waals surface area contributed by atoms with Crippen LogP contribution in [-0.4, -0.2) is 78.0 Å². The van der Waals surface area contributed by atoms with E-state index in [0.29, 0.717) is 59.0 Å². The maximum Gasteiger partial charge on any atom is 0.308 e. The molecule has 1 aliphatic heterocycles. The van der Waals surface area contributed by atoms with Gasteiger partial charge in [0.15, 0.2) is 0 Å². The van der Waals surface area contributed by atoms with Crippen LogP contribution in [0.25, 0.3) is 0 Å². The summed E-state index contributed by atoms with van der Waals surface area (Å²) < 4.78 is 27.4. The lowest BCUT2D eigenvalue weighted by Gasteiger charge is -2.22. The zero-order chi connectivity index (χ0) is 20.3. The first-order valence-electron chi connectivity index (χ1n) is 11.0. The highest BCUT2D eigenvalue weighted by Gasteiger charge is 2.17. The number of piperidine rings is 1. The van der Waals surface area contributed by atoms with Crippen molar-refractivity contribution in [1.82, 2.24) is 5.32 Å². The van der Waals surface area contributed by atoms with Crippen molar-refractivity contribution in [3.8, 4) is 0 Å². The van der Waals surface area contributed by atoms with E-state index in [-0.39, 0.29) is 11.9 Å². The average molecular weight is 404 g/mol. The molecule has 0 aromatic heterocycles. The Balaban J connectivity index is 1.79. The second-order valence-corrected chi connectivity index (χ2v) is 7.07. The van der Waals surface area contributed by atoms with Gasteiger partial charge in [-0.2, -0.15) is 0 Å². The number of carbonyl (C=O) groups excluding carboxylic acids is 1.